The Kier molecular flexibility index (Phi) is 3.29. The molecular formula is C8H14N2O4. The zero-order chi connectivity index (χ0) is 10.7. The van der Waals surface area contributed by atoms with Crippen molar-refractivity contribution in [3.63, 3.8) is 0 Å². The van der Waals surface area contributed by atoms with Gasteiger partial charge in [0.2, 0.25) is 0 Å². The first-order chi connectivity index (χ1) is 6.56. The van der Waals surface area contributed by atoms with Crippen LogP contribution in [-0.4, -0.2) is 48.9 Å². The van der Waals surface area contributed by atoms with Crippen molar-refractivity contribution in [2.24, 2.45) is 0 Å². The number of carbonyl (C=O) groups is 2. The molecule has 1 aliphatic rings. The first-order valence-corrected chi connectivity index (χ1v) is 4.32. The molecule has 0 aliphatic carbocycles. The van der Waals surface area contributed by atoms with Gasteiger partial charge in [-0.15, -0.1) is 0 Å². The Morgan fingerprint density at radius 3 is 2.71 bits per heavy atom. The summed E-state index contributed by atoms with van der Waals surface area (Å²) in [4.78, 5) is 28.4. The molecule has 0 N–H and O–H groups in total. The number of esters is 1. The first kappa shape index (κ1) is 10.8. The summed E-state index contributed by atoms with van der Waals surface area (Å²) >= 11 is 0. The molecular weight excluding hydrogens is 188 g/mol. The molecule has 1 atom stereocenters. The van der Waals surface area contributed by atoms with Crippen LogP contribution in [0.1, 0.15) is 13.3 Å². The highest BCUT2D eigenvalue weighted by Gasteiger charge is 2.32. The standard InChI is InChI=1S/C8H14N2O4/c1-6(11)14-7-4-5-10(13-3)8(12)9(7)2/h7H,4-5H2,1-3H3. The van der Waals surface area contributed by atoms with E-state index in [-0.39, 0.29) is 12.0 Å². The van der Waals surface area contributed by atoms with Gasteiger partial charge in [-0.3, -0.25) is 14.5 Å². The molecule has 1 unspecified atom stereocenters. The van der Waals surface area contributed by atoms with Gasteiger partial charge in [-0.05, 0) is 0 Å². The Morgan fingerprint density at radius 1 is 1.57 bits per heavy atom. The molecule has 80 valence electrons. The minimum absolute atomic E-state index is 0.301. The van der Waals surface area contributed by atoms with Gasteiger partial charge in [0.05, 0.1) is 13.7 Å². The lowest BCUT2D eigenvalue weighted by Crippen LogP contribution is -2.53. The van der Waals surface area contributed by atoms with Crippen LogP contribution in [0.25, 0.3) is 0 Å². The molecule has 1 aliphatic heterocycles. The summed E-state index contributed by atoms with van der Waals surface area (Å²) in [6.07, 6.45) is 0.0711. The van der Waals surface area contributed by atoms with E-state index in [2.05, 4.69) is 0 Å². The summed E-state index contributed by atoms with van der Waals surface area (Å²) in [6.45, 7) is 1.75. The molecule has 6 heteroatoms. The molecule has 1 heterocycles. The van der Waals surface area contributed by atoms with E-state index in [1.165, 1.54) is 24.0 Å². The molecule has 0 spiro atoms. The second-order valence-corrected chi connectivity index (χ2v) is 3.03. The number of ether oxygens (including phenoxy) is 1. The quantitative estimate of drug-likeness (QED) is 0.600. The van der Waals surface area contributed by atoms with Crippen molar-refractivity contribution in [1.29, 1.82) is 0 Å². The van der Waals surface area contributed by atoms with E-state index in [0.29, 0.717) is 13.0 Å². The summed E-state index contributed by atoms with van der Waals surface area (Å²) in [5, 5.41) is 1.22. The van der Waals surface area contributed by atoms with Crippen LogP contribution in [0, 0.1) is 0 Å². The van der Waals surface area contributed by atoms with Crippen LogP contribution >= 0.6 is 0 Å². The van der Waals surface area contributed by atoms with Crippen LogP contribution < -0.4 is 0 Å². The largest absolute Gasteiger partial charge is 0.442 e. The van der Waals surface area contributed by atoms with E-state index in [4.69, 9.17) is 9.57 Å². The van der Waals surface area contributed by atoms with Gasteiger partial charge in [0.25, 0.3) is 0 Å². The molecule has 6 nitrogen and oxygen atoms in total. The zero-order valence-electron chi connectivity index (χ0n) is 8.52. The lowest BCUT2D eigenvalue weighted by molar-refractivity contribution is -0.169. The van der Waals surface area contributed by atoms with E-state index in [0.717, 1.165) is 0 Å². The Balaban J connectivity index is 2.59. The third-order valence-corrected chi connectivity index (χ3v) is 2.05. The van der Waals surface area contributed by atoms with Crippen molar-refractivity contribution in [2.75, 3.05) is 20.7 Å². The first-order valence-electron chi connectivity index (χ1n) is 4.32. The molecule has 1 fully saturated rings. The molecule has 0 aromatic heterocycles. The van der Waals surface area contributed by atoms with Crippen LogP contribution in [0.2, 0.25) is 0 Å². The third kappa shape index (κ3) is 2.14. The van der Waals surface area contributed by atoms with Crippen molar-refractivity contribution in [3.8, 4) is 0 Å². The minimum Gasteiger partial charge on any atom is -0.442 e. The normalized spacial score (nSPS) is 22.5. The van der Waals surface area contributed by atoms with Crippen LogP contribution in [0.15, 0.2) is 0 Å². The van der Waals surface area contributed by atoms with Crippen LogP contribution in [0.5, 0.6) is 0 Å². The smallest absolute Gasteiger partial charge is 0.346 e. The molecule has 0 saturated carbocycles. The van der Waals surface area contributed by atoms with Crippen LogP contribution in [0.4, 0.5) is 4.79 Å². The van der Waals surface area contributed by atoms with Gasteiger partial charge in [0.1, 0.15) is 0 Å². The van der Waals surface area contributed by atoms with E-state index in [1.54, 1.807) is 7.05 Å². The maximum Gasteiger partial charge on any atom is 0.346 e. The summed E-state index contributed by atoms with van der Waals surface area (Å²) in [5.41, 5.74) is 0. The fraction of sp³-hybridized carbons (Fsp3) is 0.750. The van der Waals surface area contributed by atoms with Gasteiger partial charge in [0.15, 0.2) is 6.23 Å². The number of carbonyl (C=O) groups excluding carboxylic acids is 2. The monoisotopic (exact) mass is 202 g/mol. The number of amides is 2. The summed E-state index contributed by atoms with van der Waals surface area (Å²) < 4.78 is 4.95. The molecule has 2 amide bonds. The van der Waals surface area contributed by atoms with Gasteiger partial charge in [-0.1, -0.05) is 0 Å². The Morgan fingerprint density at radius 2 is 2.21 bits per heavy atom. The Bertz CT molecular complexity index is 243. The second-order valence-electron chi connectivity index (χ2n) is 3.03. The highest BCUT2D eigenvalue weighted by Crippen LogP contribution is 2.15. The molecule has 0 aromatic carbocycles. The molecule has 1 saturated heterocycles. The van der Waals surface area contributed by atoms with Crippen molar-refractivity contribution in [1.82, 2.24) is 9.96 Å². The molecule has 0 aromatic rings. The number of nitrogens with zero attached hydrogens (tertiary/aromatic N) is 2. The average molecular weight is 202 g/mol. The molecule has 14 heavy (non-hydrogen) atoms. The van der Waals surface area contributed by atoms with E-state index >= 15 is 0 Å². The zero-order valence-corrected chi connectivity index (χ0v) is 8.52. The van der Waals surface area contributed by atoms with Gasteiger partial charge in [-0.25, -0.2) is 9.86 Å². The van der Waals surface area contributed by atoms with Crippen molar-refractivity contribution in [2.45, 2.75) is 19.6 Å². The van der Waals surface area contributed by atoms with Gasteiger partial charge >= 0.3 is 12.0 Å². The minimum atomic E-state index is -0.480. The van der Waals surface area contributed by atoms with E-state index in [1.807, 2.05) is 0 Å². The Hall–Kier alpha value is -1.30. The predicted molar refractivity (Wildman–Crippen MR) is 47.0 cm³/mol. The average Bonchev–Trinajstić information content (AvgIpc) is 2.13. The maximum atomic E-state index is 11.5. The fourth-order valence-electron chi connectivity index (χ4n) is 1.32. The lowest BCUT2D eigenvalue weighted by Gasteiger charge is -2.36. The highest BCUT2D eigenvalue weighted by atomic mass is 16.7. The van der Waals surface area contributed by atoms with Crippen molar-refractivity contribution >= 4 is 12.0 Å². The summed E-state index contributed by atoms with van der Waals surface area (Å²) in [7, 11) is 3.00. The lowest BCUT2D eigenvalue weighted by atomic mass is 10.3. The highest BCUT2D eigenvalue weighted by molar-refractivity contribution is 5.74. The molecule has 0 bridgehead atoms. The van der Waals surface area contributed by atoms with Crippen LogP contribution in [0.3, 0.4) is 0 Å². The van der Waals surface area contributed by atoms with E-state index < -0.39 is 6.23 Å². The number of rotatable bonds is 2. The molecule has 0 radical (unpaired) electrons. The Labute approximate surface area is 82.3 Å². The fourth-order valence-corrected chi connectivity index (χ4v) is 1.32. The third-order valence-electron chi connectivity index (χ3n) is 2.05. The van der Waals surface area contributed by atoms with Gasteiger partial charge in [0, 0.05) is 20.4 Å². The van der Waals surface area contributed by atoms with E-state index in [9.17, 15) is 9.59 Å². The number of hydroxylamine groups is 2. The molecule has 1 rings (SSSR count). The van der Waals surface area contributed by atoms with Gasteiger partial charge < -0.3 is 4.74 Å². The summed E-state index contributed by atoms with van der Waals surface area (Å²) in [5.74, 6) is -0.388. The summed E-state index contributed by atoms with van der Waals surface area (Å²) in [6, 6.07) is -0.301. The van der Waals surface area contributed by atoms with Crippen LogP contribution in [-0.2, 0) is 14.4 Å². The van der Waals surface area contributed by atoms with Crippen molar-refractivity contribution < 1.29 is 19.2 Å². The topological polar surface area (TPSA) is 59.1 Å². The van der Waals surface area contributed by atoms with Crippen molar-refractivity contribution in [3.05, 3.63) is 0 Å². The van der Waals surface area contributed by atoms with Gasteiger partial charge in [-0.2, -0.15) is 0 Å². The number of urea groups is 1. The number of hydrogen-bond donors (Lipinski definition) is 0. The number of hydrogen-bond acceptors (Lipinski definition) is 4. The SMILES string of the molecule is CON1CCC(OC(C)=O)N(C)C1=O. The predicted octanol–water partition coefficient (Wildman–Crippen LogP) is 0.194. The second kappa shape index (κ2) is 4.28. The maximum absolute atomic E-state index is 11.5.